The highest BCUT2D eigenvalue weighted by molar-refractivity contribution is 5.91. The normalized spacial score (nSPS) is 17.1. The van der Waals surface area contributed by atoms with E-state index in [1.165, 1.54) is 16.6 Å². The number of hydrogen-bond donors (Lipinski definition) is 2. The monoisotopic (exact) mass is 272 g/mol. The Labute approximate surface area is 120 Å². The summed E-state index contributed by atoms with van der Waals surface area (Å²) >= 11 is 0. The first kappa shape index (κ1) is 13.5. The Hall–Kier alpha value is -1.52. The van der Waals surface area contributed by atoms with Crippen LogP contribution in [0.15, 0.2) is 24.3 Å². The summed E-state index contributed by atoms with van der Waals surface area (Å²) in [7, 11) is 0. The van der Waals surface area contributed by atoms with Crippen LogP contribution in [-0.2, 0) is 6.54 Å². The molecule has 0 atom stereocenters. The maximum absolute atomic E-state index is 6.20. The highest BCUT2D eigenvalue weighted by atomic mass is 15.2. The molecule has 2 aromatic rings. The standard InChI is InChI=1S/C16H24N4/c1-12(2)20-14(11-19-8-6-18-7-9-19)10-13-4-3-5-15(17)16(13)20/h3-5,10,12,18H,6-9,11,17H2,1-2H3. The molecule has 4 nitrogen and oxygen atoms in total. The smallest absolute Gasteiger partial charge is 0.0718 e. The van der Waals surface area contributed by atoms with Gasteiger partial charge in [0.2, 0.25) is 0 Å². The summed E-state index contributed by atoms with van der Waals surface area (Å²) in [5.41, 5.74) is 9.63. The summed E-state index contributed by atoms with van der Waals surface area (Å²) in [5.74, 6) is 0. The van der Waals surface area contributed by atoms with Gasteiger partial charge in [0, 0.05) is 49.8 Å². The molecule has 1 aliphatic heterocycles. The van der Waals surface area contributed by atoms with Crippen molar-refractivity contribution in [1.29, 1.82) is 0 Å². The Balaban J connectivity index is 2.01. The highest BCUT2D eigenvalue weighted by Crippen LogP contribution is 2.29. The molecule has 4 heteroatoms. The number of nitrogens with zero attached hydrogens (tertiary/aromatic N) is 2. The summed E-state index contributed by atoms with van der Waals surface area (Å²) in [6.45, 7) is 9.88. The van der Waals surface area contributed by atoms with Gasteiger partial charge in [0.15, 0.2) is 0 Å². The molecule has 20 heavy (non-hydrogen) atoms. The maximum atomic E-state index is 6.20. The molecule has 1 fully saturated rings. The molecule has 108 valence electrons. The second kappa shape index (κ2) is 5.46. The maximum Gasteiger partial charge on any atom is 0.0718 e. The molecule has 0 radical (unpaired) electrons. The van der Waals surface area contributed by atoms with Gasteiger partial charge in [0.1, 0.15) is 0 Å². The summed E-state index contributed by atoms with van der Waals surface area (Å²) in [6.07, 6.45) is 0. The second-order valence-electron chi connectivity index (χ2n) is 5.91. The lowest BCUT2D eigenvalue weighted by atomic mass is 10.2. The fraction of sp³-hybridized carbons (Fsp3) is 0.500. The quantitative estimate of drug-likeness (QED) is 0.842. The van der Waals surface area contributed by atoms with Crippen LogP contribution in [-0.4, -0.2) is 35.6 Å². The first-order chi connectivity index (χ1) is 9.66. The number of rotatable bonds is 3. The molecular formula is C16H24N4. The third kappa shape index (κ3) is 2.41. The molecule has 0 spiro atoms. The van der Waals surface area contributed by atoms with E-state index < -0.39 is 0 Å². The molecule has 1 aromatic carbocycles. The molecule has 0 amide bonds. The van der Waals surface area contributed by atoms with E-state index in [1.807, 2.05) is 12.1 Å². The van der Waals surface area contributed by atoms with Gasteiger partial charge in [0.25, 0.3) is 0 Å². The number of nitrogens with two attached hydrogens (primary N) is 1. The molecule has 1 aliphatic rings. The van der Waals surface area contributed by atoms with Gasteiger partial charge in [-0.2, -0.15) is 0 Å². The number of piperazine rings is 1. The van der Waals surface area contributed by atoms with Gasteiger partial charge in [0.05, 0.1) is 11.2 Å². The summed E-state index contributed by atoms with van der Waals surface area (Å²) < 4.78 is 2.40. The van der Waals surface area contributed by atoms with Crippen LogP contribution in [0.5, 0.6) is 0 Å². The van der Waals surface area contributed by atoms with Crippen LogP contribution in [0.25, 0.3) is 10.9 Å². The van der Waals surface area contributed by atoms with Gasteiger partial charge in [-0.3, -0.25) is 4.90 Å². The van der Waals surface area contributed by atoms with Gasteiger partial charge in [-0.15, -0.1) is 0 Å². The van der Waals surface area contributed by atoms with Crippen molar-refractivity contribution in [3.05, 3.63) is 30.0 Å². The van der Waals surface area contributed by atoms with Crippen LogP contribution in [0.2, 0.25) is 0 Å². The highest BCUT2D eigenvalue weighted by Gasteiger charge is 2.17. The van der Waals surface area contributed by atoms with Gasteiger partial charge >= 0.3 is 0 Å². The van der Waals surface area contributed by atoms with Crippen molar-refractivity contribution in [2.45, 2.75) is 26.4 Å². The van der Waals surface area contributed by atoms with Gasteiger partial charge in [-0.1, -0.05) is 12.1 Å². The molecule has 0 unspecified atom stereocenters. The van der Waals surface area contributed by atoms with Crippen molar-refractivity contribution in [1.82, 2.24) is 14.8 Å². The zero-order chi connectivity index (χ0) is 14.1. The third-order valence-corrected chi connectivity index (χ3v) is 4.08. The fourth-order valence-corrected chi connectivity index (χ4v) is 3.18. The summed E-state index contributed by atoms with van der Waals surface area (Å²) in [5, 5.41) is 4.66. The number of para-hydroxylation sites is 1. The average Bonchev–Trinajstić information content (AvgIpc) is 2.79. The first-order valence-corrected chi connectivity index (χ1v) is 7.48. The predicted molar refractivity (Wildman–Crippen MR) is 84.9 cm³/mol. The van der Waals surface area contributed by atoms with Crippen LogP contribution in [0.3, 0.4) is 0 Å². The number of nitrogen functional groups attached to an aromatic ring is 1. The van der Waals surface area contributed by atoms with E-state index in [0.29, 0.717) is 6.04 Å². The van der Waals surface area contributed by atoms with Gasteiger partial charge in [-0.25, -0.2) is 0 Å². The van der Waals surface area contributed by atoms with Crippen molar-refractivity contribution in [2.75, 3.05) is 31.9 Å². The molecular weight excluding hydrogens is 248 g/mol. The van der Waals surface area contributed by atoms with Crippen molar-refractivity contribution >= 4 is 16.6 Å². The van der Waals surface area contributed by atoms with E-state index in [2.05, 4.69) is 40.8 Å². The Morgan fingerprint density at radius 2 is 2.00 bits per heavy atom. The number of fused-ring (bicyclic) bond motifs is 1. The molecule has 3 N–H and O–H groups in total. The average molecular weight is 272 g/mol. The Bertz CT molecular complexity index is 594. The zero-order valence-electron chi connectivity index (χ0n) is 12.4. The van der Waals surface area contributed by atoms with Crippen LogP contribution >= 0.6 is 0 Å². The van der Waals surface area contributed by atoms with E-state index in [-0.39, 0.29) is 0 Å². The Morgan fingerprint density at radius 3 is 2.70 bits per heavy atom. The first-order valence-electron chi connectivity index (χ1n) is 7.48. The van der Waals surface area contributed by atoms with E-state index >= 15 is 0 Å². The fourth-order valence-electron chi connectivity index (χ4n) is 3.18. The van der Waals surface area contributed by atoms with E-state index in [1.54, 1.807) is 0 Å². The predicted octanol–water partition coefficient (Wildman–Crippen LogP) is 2.21. The number of anilines is 1. The van der Waals surface area contributed by atoms with Gasteiger partial charge in [-0.05, 0) is 26.0 Å². The lowest BCUT2D eigenvalue weighted by Crippen LogP contribution is -2.43. The number of hydrogen-bond acceptors (Lipinski definition) is 3. The molecule has 0 saturated carbocycles. The van der Waals surface area contributed by atoms with Crippen LogP contribution in [0.1, 0.15) is 25.6 Å². The Kier molecular flexibility index (Phi) is 3.68. The third-order valence-electron chi connectivity index (χ3n) is 4.08. The van der Waals surface area contributed by atoms with Crippen LogP contribution < -0.4 is 11.1 Å². The minimum atomic E-state index is 0.426. The van der Waals surface area contributed by atoms with E-state index in [0.717, 1.165) is 38.4 Å². The zero-order valence-corrected chi connectivity index (χ0v) is 12.4. The van der Waals surface area contributed by atoms with Crippen molar-refractivity contribution in [3.63, 3.8) is 0 Å². The number of aromatic nitrogens is 1. The summed E-state index contributed by atoms with van der Waals surface area (Å²) in [6, 6.07) is 8.92. The van der Waals surface area contributed by atoms with Gasteiger partial charge < -0.3 is 15.6 Å². The van der Waals surface area contributed by atoms with Crippen molar-refractivity contribution in [2.24, 2.45) is 0 Å². The molecule has 1 aromatic heterocycles. The SMILES string of the molecule is CC(C)n1c(CN2CCNCC2)cc2cccc(N)c21. The molecule has 0 bridgehead atoms. The van der Waals surface area contributed by atoms with E-state index in [4.69, 9.17) is 5.73 Å². The van der Waals surface area contributed by atoms with E-state index in [9.17, 15) is 0 Å². The largest absolute Gasteiger partial charge is 0.397 e. The molecule has 2 heterocycles. The van der Waals surface area contributed by atoms with Crippen LogP contribution in [0, 0.1) is 0 Å². The molecule has 1 saturated heterocycles. The second-order valence-corrected chi connectivity index (χ2v) is 5.91. The number of benzene rings is 1. The lowest BCUT2D eigenvalue weighted by molar-refractivity contribution is 0.227. The number of nitrogens with one attached hydrogen (secondary N) is 1. The molecule has 0 aliphatic carbocycles. The minimum Gasteiger partial charge on any atom is -0.397 e. The minimum absolute atomic E-state index is 0.426. The Morgan fingerprint density at radius 1 is 1.25 bits per heavy atom. The lowest BCUT2D eigenvalue weighted by Gasteiger charge is -2.28. The molecule has 3 rings (SSSR count). The van der Waals surface area contributed by atoms with Crippen molar-refractivity contribution in [3.8, 4) is 0 Å². The van der Waals surface area contributed by atoms with Crippen molar-refractivity contribution < 1.29 is 0 Å². The summed E-state index contributed by atoms with van der Waals surface area (Å²) in [4.78, 5) is 2.51. The van der Waals surface area contributed by atoms with Crippen LogP contribution in [0.4, 0.5) is 5.69 Å². The topological polar surface area (TPSA) is 46.2 Å².